The summed E-state index contributed by atoms with van der Waals surface area (Å²) in [6, 6.07) is 9.21. The smallest absolute Gasteiger partial charge is 0.191 e. The fraction of sp³-hybridized carbons (Fsp3) is 0.650. The monoisotopic (exact) mass is 362 g/mol. The average Bonchev–Trinajstić information content (AvgIpc) is 2.63. The topological polar surface area (TPSA) is 58.1 Å². The highest BCUT2D eigenvalue weighted by molar-refractivity contribution is 5.80. The fourth-order valence-corrected chi connectivity index (χ4v) is 3.22. The molecule has 2 N–H and O–H groups in total. The second-order valence-corrected chi connectivity index (χ2v) is 6.80. The van der Waals surface area contributed by atoms with Gasteiger partial charge in [-0.3, -0.25) is 9.89 Å². The Bertz CT molecular complexity index is 558. The quantitative estimate of drug-likeness (QED) is 0.547. The number of hydrogen-bond donors (Lipinski definition) is 2. The molecule has 1 heterocycles. The maximum atomic E-state index is 5.54. The van der Waals surface area contributed by atoms with Gasteiger partial charge in [0.1, 0.15) is 0 Å². The van der Waals surface area contributed by atoms with Gasteiger partial charge >= 0.3 is 0 Å². The van der Waals surface area contributed by atoms with Crippen molar-refractivity contribution in [2.75, 3.05) is 53.1 Å². The van der Waals surface area contributed by atoms with E-state index in [0.717, 1.165) is 38.8 Å². The molecule has 0 aliphatic carbocycles. The van der Waals surface area contributed by atoms with Crippen molar-refractivity contribution in [2.24, 2.45) is 4.99 Å². The molecule has 0 saturated carbocycles. The largest absolute Gasteiger partial charge is 0.383 e. The van der Waals surface area contributed by atoms with E-state index in [0.29, 0.717) is 13.2 Å². The lowest BCUT2D eigenvalue weighted by atomic mass is 10.0. The minimum Gasteiger partial charge on any atom is -0.383 e. The van der Waals surface area contributed by atoms with E-state index in [-0.39, 0.29) is 12.1 Å². The van der Waals surface area contributed by atoms with Crippen LogP contribution in [-0.4, -0.2) is 70.0 Å². The number of nitrogens with zero attached hydrogens (tertiary/aromatic N) is 2. The average molecular weight is 363 g/mol. The van der Waals surface area contributed by atoms with E-state index in [2.05, 4.69) is 60.6 Å². The van der Waals surface area contributed by atoms with E-state index >= 15 is 0 Å². The number of morpholine rings is 1. The van der Waals surface area contributed by atoms with Crippen LogP contribution in [0.5, 0.6) is 0 Å². The molecule has 1 aromatic rings. The third-order valence-corrected chi connectivity index (χ3v) is 4.48. The van der Waals surface area contributed by atoms with Crippen molar-refractivity contribution in [3.8, 4) is 0 Å². The zero-order valence-electron chi connectivity index (χ0n) is 16.6. The van der Waals surface area contributed by atoms with Gasteiger partial charge in [-0.1, -0.05) is 29.8 Å². The molecule has 0 radical (unpaired) electrons. The van der Waals surface area contributed by atoms with Crippen LogP contribution >= 0.6 is 0 Å². The lowest BCUT2D eigenvalue weighted by molar-refractivity contribution is 0.0179. The molecule has 1 aromatic carbocycles. The van der Waals surface area contributed by atoms with Crippen LogP contribution in [0.25, 0.3) is 0 Å². The van der Waals surface area contributed by atoms with Gasteiger partial charge in [0.05, 0.1) is 32.4 Å². The van der Waals surface area contributed by atoms with Crippen molar-refractivity contribution in [2.45, 2.75) is 32.9 Å². The van der Waals surface area contributed by atoms with E-state index < -0.39 is 0 Å². The van der Waals surface area contributed by atoms with E-state index in [1.165, 1.54) is 11.1 Å². The molecule has 0 spiro atoms. The van der Waals surface area contributed by atoms with Crippen molar-refractivity contribution in [3.63, 3.8) is 0 Å². The van der Waals surface area contributed by atoms with Crippen molar-refractivity contribution in [3.05, 3.63) is 35.4 Å². The number of ether oxygens (including phenoxy) is 2. The number of rotatable bonds is 8. The van der Waals surface area contributed by atoms with Crippen LogP contribution in [0.15, 0.2) is 29.3 Å². The summed E-state index contributed by atoms with van der Waals surface area (Å²) in [5.74, 6) is 0.836. The predicted molar refractivity (Wildman–Crippen MR) is 107 cm³/mol. The molecule has 2 rings (SSSR count). The van der Waals surface area contributed by atoms with Crippen LogP contribution in [0.4, 0.5) is 0 Å². The maximum Gasteiger partial charge on any atom is 0.191 e. The number of benzene rings is 1. The van der Waals surface area contributed by atoms with E-state index in [1.807, 2.05) is 0 Å². The second kappa shape index (κ2) is 11.2. The van der Waals surface area contributed by atoms with Crippen LogP contribution in [-0.2, 0) is 9.47 Å². The molecule has 1 saturated heterocycles. The van der Waals surface area contributed by atoms with Gasteiger partial charge in [-0.25, -0.2) is 0 Å². The zero-order chi connectivity index (χ0) is 18.8. The first-order valence-corrected chi connectivity index (χ1v) is 9.56. The summed E-state index contributed by atoms with van der Waals surface area (Å²) in [4.78, 5) is 7.35. The molecule has 1 aliphatic heterocycles. The molecule has 146 valence electrons. The highest BCUT2D eigenvalue weighted by atomic mass is 16.5. The van der Waals surface area contributed by atoms with Gasteiger partial charge in [-0.05, 0) is 26.3 Å². The second-order valence-electron chi connectivity index (χ2n) is 6.80. The highest BCUT2D eigenvalue weighted by Gasteiger charge is 2.22. The Morgan fingerprint density at radius 3 is 2.77 bits per heavy atom. The molecule has 0 amide bonds. The minimum atomic E-state index is 0.207. The molecule has 6 heteroatoms. The Morgan fingerprint density at radius 1 is 1.35 bits per heavy atom. The standard InChI is InChI=1S/C20H34N4O2/c1-5-21-20(23-17(3)15-25-4)22-14-19(24-9-11-26-12-10-24)18-8-6-7-16(2)13-18/h6-8,13,17,19H,5,9-12,14-15H2,1-4H3,(H2,21,22,23). The van der Waals surface area contributed by atoms with Crippen LogP contribution in [0.2, 0.25) is 0 Å². The van der Waals surface area contributed by atoms with Crippen molar-refractivity contribution in [1.29, 1.82) is 0 Å². The van der Waals surface area contributed by atoms with Gasteiger partial charge in [-0.15, -0.1) is 0 Å². The van der Waals surface area contributed by atoms with Crippen LogP contribution in [0.1, 0.15) is 31.0 Å². The Labute approximate surface area is 158 Å². The van der Waals surface area contributed by atoms with E-state index in [4.69, 9.17) is 14.5 Å². The van der Waals surface area contributed by atoms with Crippen molar-refractivity contribution in [1.82, 2.24) is 15.5 Å². The number of nitrogens with one attached hydrogen (secondary N) is 2. The summed E-state index contributed by atoms with van der Waals surface area (Å²) in [7, 11) is 1.72. The molecule has 26 heavy (non-hydrogen) atoms. The first-order valence-electron chi connectivity index (χ1n) is 9.56. The lowest BCUT2D eigenvalue weighted by Gasteiger charge is -2.34. The van der Waals surface area contributed by atoms with Gasteiger partial charge in [0, 0.05) is 32.8 Å². The highest BCUT2D eigenvalue weighted by Crippen LogP contribution is 2.23. The molecular weight excluding hydrogens is 328 g/mol. The summed E-state index contributed by atoms with van der Waals surface area (Å²) in [6.07, 6.45) is 0. The third-order valence-electron chi connectivity index (χ3n) is 4.48. The summed E-state index contributed by atoms with van der Waals surface area (Å²) in [6.45, 7) is 12.0. The van der Waals surface area contributed by atoms with E-state index in [9.17, 15) is 0 Å². The predicted octanol–water partition coefficient (Wildman–Crippen LogP) is 1.96. The number of aliphatic imine (C=N–C) groups is 1. The summed E-state index contributed by atoms with van der Waals surface area (Å²) >= 11 is 0. The zero-order valence-corrected chi connectivity index (χ0v) is 16.6. The number of guanidine groups is 1. The minimum absolute atomic E-state index is 0.207. The Hall–Kier alpha value is -1.63. The number of aryl methyl sites for hydroxylation is 1. The van der Waals surface area contributed by atoms with E-state index in [1.54, 1.807) is 7.11 Å². The third kappa shape index (κ3) is 6.59. The summed E-state index contributed by atoms with van der Waals surface area (Å²) in [5.41, 5.74) is 2.60. The molecule has 0 bridgehead atoms. The first-order chi connectivity index (χ1) is 12.6. The molecule has 0 aromatic heterocycles. The van der Waals surface area contributed by atoms with Crippen molar-refractivity contribution < 1.29 is 9.47 Å². The molecule has 1 aliphatic rings. The van der Waals surface area contributed by atoms with Crippen LogP contribution in [0, 0.1) is 6.92 Å². The van der Waals surface area contributed by atoms with Crippen LogP contribution in [0.3, 0.4) is 0 Å². The molecule has 2 unspecified atom stereocenters. The maximum absolute atomic E-state index is 5.54. The molecular formula is C20H34N4O2. The summed E-state index contributed by atoms with van der Waals surface area (Å²) < 4.78 is 10.8. The Balaban J connectivity index is 2.15. The Morgan fingerprint density at radius 2 is 2.12 bits per heavy atom. The normalized spacial score (nSPS) is 18.4. The SMILES string of the molecule is CCNC(=NCC(c1cccc(C)c1)N1CCOCC1)NC(C)COC. The Kier molecular flexibility index (Phi) is 8.88. The number of hydrogen-bond acceptors (Lipinski definition) is 4. The lowest BCUT2D eigenvalue weighted by Crippen LogP contribution is -2.45. The van der Waals surface area contributed by atoms with Gasteiger partial charge in [-0.2, -0.15) is 0 Å². The van der Waals surface area contributed by atoms with Crippen LogP contribution < -0.4 is 10.6 Å². The van der Waals surface area contributed by atoms with Gasteiger partial charge in [0.2, 0.25) is 0 Å². The van der Waals surface area contributed by atoms with Gasteiger partial charge in [0.15, 0.2) is 5.96 Å². The molecule has 1 fully saturated rings. The molecule has 6 nitrogen and oxygen atoms in total. The fourth-order valence-electron chi connectivity index (χ4n) is 3.22. The summed E-state index contributed by atoms with van der Waals surface area (Å²) in [5, 5.41) is 6.74. The van der Waals surface area contributed by atoms with Gasteiger partial charge in [0.25, 0.3) is 0 Å². The van der Waals surface area contributed by atoms with Crippen molar-refractivity contribution >= 4 is 5.96 Å². The van der Waals surface area contributed by atoms with Gasteiger partial charge < -0.3 is 20.1 Å². The first kappa shape index (κ1) is 20.7. The number of methoxy groups -OCH3 is 1. The molecule has 2 atom stereocenters.